The van der Waals surface area contributed by atoms with Gasteiger partial charge in [-0.25, -0.2) is 4.98 Å². The van der Waals surface area contributed by atoms with Crippen LogP contribution >= 0.6 is 39.3 Å². The third-order valence-electron chi connectivity index (χ3n) is 1.92. The molecule has 7 heteroatoms. The van der Waals surface area contributed by atoms with Gasteiger partial charge in [0, 0.05) is 17.2 Å². The monoisotopic (exact) mass is 324 g/mol. The fraction of sp³-hybridized carbons (Fsp3) is 0.444. The van der Waals surface area contributed by atoms with Crippen LogP contribution in [-0.2, 0) is 0 Å². The van der Waals surface area contributed by atoms with Crippen molar-refractivity contribution in [1.29, 1.82) is 0 Å². The van der Waals surface area contributed by atoms with Gasteiger partial charge in [-0.1, -0.05) is 0 Å². The molecule has 0 saturated heterocycles. The van der Waals surface area contributed by atoms with Crippen LogP contribution < -0.4 is 0 Å². The van der Waals surface area contributed by atoms with Gasteiger partial charge in [0.25, 0.3) is 5.69 Å². The summed E-state index contributed by atoms with van der Waals surface area (Å²) in [6.45, 7) is 1.70. The molecule has 0 N–H and O–H groups in total. The maximum atomic E-state index is 10.7. The molecule has 0 radical (unpaired) electrons. The number of aromatic nitrogens is 1. The lowest BCUT2D eigenvalue weighted by molar-refractivity contribution is -0.385. The minimum absolute atomic E-state index is 0.0357. The van der Waals surface area contributed by atoms with Crippen LogP contribution in [0.15, 0.2) is 15.7 Å². The maximum Gasteiger partial charge on any atom is 0.291 e. The van der Waals surface area contributed by atoms with Crippen LogP contribution in [0, 0.1) is 17.0 Å². The number of halogens is 2. The van der Waals surface area contributed by atoms with Crippen LogP contribution in [0.4, 0.5) is 5.69 Å². The summed E-state index contributed by atoms with van der Waals surface area (Å²) in [5.74, 6) is 1.46. The number of rotatable bonds is 5. The second kappa shape index (κ2) is 6.42. The highest BCUT2D eigenvalue weighted by Gasteiger charge is 2.16. The number of nitrogens with zero attached hydrogens (tertiary/aromatic N) is 2. The molecule has 0 aromatic carbocycles. The standard InChI is InChI=1S/C9H10BrClN2O2S/c1-6-7(13(14)15)5-12-9(8(6)10)16-4-2-3-11/h5H,2-4H2,1H3. The Hall–Kier alpha value is -0.330. The molecule has 0 amide bonds. The molecule has 0 spiro atoms. The van der Waals surface area contributed by atoms with Crippen LogP contribution in [-0.4, -0.2) is 21.5 Å². The van der Waals surface area contributed by atoms with Gasteiger partial charge in [0.1, 0.15) is 11.2 Å². The zero-order chi connectivity index (χ0) is 12.1. The molecule has 0 atom stereocenters. The fourth-order valence-corrected chi connectivity index (χ4v) is 2.88. The molecule has 4 nitrogen and oxygen atoms in total. The Morgan fingerprint density at radius 3 is 2.94 bits per heavy atom. The molecular weight excluding hydrogens is 316 g/mol. The largest absolute Gasteiger partial charge is 0.291 e. The third-order valence-corrected chi connectivity index (χ3v) is 4.49. The highest BCUT2D eigenvalue weighted by molar-refractivity contribution is 9.10. The van der Waals surface area contributed by atoms with E-state index in [-0.39, 0.29) is 5.69 Å². The molecule has 1 rings (SSSR count). The predicted octanol–water partition coefficient (Wildman–Crippen LogP) is 3.78. The van der Waals surface area contributed by atoms with Crippen LogP contribution in [0.5, 0.6) is 0 Å². The quantitative estimate of drug-likeness (QED) is 0.272. The predicted molar refractivity (Wildman–Crippen MR) is 69.4 cm³/mol. The SMILES string of the molecule is Cc1c([N+](=O)[O-])cnc(SCCCCl)c1Br. The molecule has 1 heterocycles. The van der Waals surface area contributed by atoms with E-state index in [9.17, 15) is 10.1 Å². The van der Waals surface area contributed by atoms with Crippen molar-refractivity contribution < 1.29 is 4.92 Å². The molecule has 1 aromatic heterocycles. The smallest absolute Gasteiger partial charge is 0.258 e. The van der Waals surface area contributed by atoms with Crippen molar-refractivity contribution in [3.8, 4) is 0 Å². The minimum atomic E-state index is -0.430. The van der Waals surface area contributed by atoms with Crippen LogP contribution in [0.3, 0.4) is 0 Å². The Morgan fingerprint density at radius 1 is 1.69 bits per heavy atom. The first-order chi connectivity index (χ1) is 7.57. The molecule has 1 aromatic rings. The Kier molecular flexibility index (Phi) is 5.51. The second-order valence-electron chi connectivity index (χ2n) is 3.04. The topological polar surface area (TPSA) is 56.0 Å². The zero-order valence-corrected chi connectivity index (χ0v) is 11.7. The van der Waals surface area contributed by atoms with Crippen molar-refractivity contribution >= 4 is 45.0 Å². The first kappa shape index (κ1) is 13.7. The first-order valence-electron chi connectivity index (χ1n) is 4.56. The molecule has 0 saturated carbocycles. The molecule has 0 aliphatic heterocycles. The molecule has 88 valence electrons. The Bertz CT molecular complexity index is 403. The van der Waals surface area contributed by atoms with Crippen molar-refractivity contribution in [2.24, 2.45) is 0 Å². The van der Waals surface area contributed by atoms with Gasteiger partial charge >= 0.3 is 0 Å². The molecule has 0 fully saturated rings. The number of pyridine rings is 1. The minimum Gasteiger partial charge on any atom is -0.258 e. The van der Waals surface area contributed by atoms with E-state index in [0.29, 0.717) is 15.9 Å². The number of thioether (sulfide) groups is 1. The van der Waals surface area contributed by atoms with Crippen molar-refractivity contribution in [1.82, 2.24) is 4.98 Å². The summed E-state index contributed by atoms with van der Waals surface area (Å²) in [7, 11) is 0. The van der Waals surface area contributed by atoms with Crippen LogP contribution in [0.25, 0.3) is 0 Å². The van der Waals surface area contributed by atoms with Gasteiger partial charge in [0.15, 0.2) is 0 Å². The number of nitro groups is 1. The molecule has 0 bridgehead atoms. The van der Waals surface area contributed by atoms with E-state index in [0.717, 1.165) is 17.2 Å². The third kappa shape index (κ3) is 3.33. The van der Waals surface area contributed by atoms with E-state index in [4.69, 9.17) is 11.6 Å². The summed E-state index contributed by atoms with van der Waals surface area (Å²) in [4.78, 5) is 14.3. The first-order valence-corrected chi connectivity index (χ1v) is 6.87. The number of hydrogen-bond donors (Lipinski definition) is 0. The van der Waals surface area contributed by atoms with Crippen LogP contribution in [0.2, 0.25) is 0 Å². The van der Waals surface area contributed by atoms with E-state index in [2.05, 4.69) is 20.9 Å². The lowest BCUT2D eigenvalue weighted by Gasteiger charge is -2.05. The zero-order valence-electron chi connectivity index (χ0n) is 8.57. The lowest BCUT2D eigenvalue weighted by atomic mass is 10.3. The highest BCUT2D eigenvalue weighted by atomic mass is 79.9. The molecule has 0 aliphatic carbocycles. The summed E-state index contributed by atoms with van der Waals surface area (Å²) in [6.07, 6.45) is 2.18. The van der Waals surface area contributed by atoms with Gasteiger partial charge in [0.05, 0.1) is 9.40 Å². The average molecular weight is 326 g/mol. The lowest BCUT2D eigenvalue weighted by Crippen LogP contribution is -1.96. The highest BCUT2D eigenvalue weighted by Crippen LogP contribution is 2.33. The normalized spacial score (nSPS) is 10.4. The van der Waals surface area contributed by atoms with Crippen molar-refractivity contribution in [2.75, 3.05) is 11.6 Å². The second-order valence-corrected chi connectivity index (χ2v) is 5.29. The Labute approximate surface area is 111 Å². The summed E-state index contributed by atoms with van der Waals surface area (Å²) in [6, 6.07) is 0. The number of alkyl halides is 1. The molecule has 16 heavy (non-hydrogen) atoms. The van der Waals surface area contributed by atoms with E-state index >= 15 is 0 Å². The fourth-order valence-electron chi connectivity index (χ4n) is 1.05. The van der Waals surface area contributed by atoms with Gasteiger partial charge in [0.2, 0.25) is 0 Å². The van der Waals surface area contributed by atoms with Crippen LogP contribution in [0.1, 0.15) is 12.0 Å². The van der Waals surface area contributed by atoms with Gasteiger partial charge in [-0.3, -0.25) is 10.1 Å². The summed E-state index contributed by atoms with van der Waals surface area (Å²) >= 11 is 10.4. The van der Waals surface area contributed by atoms with E-state index < -0.39 is 4.92 Å². The molecular formula is C9H10BrClN2O2S. The number of hydrogen-bond acceptors (Lipinski definition) is 4. The van der Waals surface area contributed by atoms with Gasteiger partial charge < -0.3 is 0 Å². The summed E-state index contributed by atoms with van der Waals surface area (Å²) in [5, 5.41) is 11.4. The molecule has 0 unspecified atom stereocenters. The van der Waals surface area contributed by atoms with E-state index in [1.165, 1.54) is 6.20 Å². The summed E-state index contributed by atoms with van der Waals surface area (Å²) < 4.78 is 0.696. The average Bonchev–Trinajstić information content (AvgIpc) is 2.24. The van der Waals surface area contributed by atoms with Crippen molar-refractivity contribution in [3.63, 3.8) is 0 Å². The maximum absolute atomic E-state index is 10.7. The van der Waals surface area contributed by atoms with Gasteiger partial charge in [-0.05, 0) is 29.3 Å². The van der Waals surface area contributed by atoms with Gasteiger partial charge in [-0.2, -0.15) is 0 Å². The summed E-state index contributed by atoms with van der Waals surface area (Å²) in [5.41, 5.74) is 0.641. The van der Waals surface area contributed by atoms with Crippen molar-refractivity contribution in [2.45, 2.75) is 18.4 Å². The van der Waals surface area contributed by atoms with E-state index in [1.807, 2.05) is 0 Å². The van der Waals surface area contributed by atoms with Gasteiger partial charge in [-0.15, -0.1) is 23.4 Å². The Morgan fingerprint density at radius 2 is 2.38 bits per heavy atom. The Balaban J connectivity index is 2.89. The van der Waals surface area contributed by atoms with E-state index in [1.54, 1.807) is 18.7 Å². The van der Waals surface area contributed by atoms with Crippen molar-refractivity contribution in [3.05, 3.63) is 26.3 Å². The molecule has 0 aliphatic rings.